The molecular weight excluding hydrogens is 276 g/mol. The molecule has 6 heteroatoms. The summed E-state index contributed by atoms with van der Waals surface area (Å²) in [7, 11) is 2.78. The van der Waals surface area contributed by atoms with Gasteiger partial charge >= 0.3 is 0 Å². The number of aliphatic hydroxyl groups excluding tert-OH is 1. The first-order valence-corrected chi connectivity index (χ1v) is 6.17. The van der Waals surface area contributed by atoms with Gasteiger partial charge < -0.3 is 14.6 Å². The second kappa shape index (κ2) is 5.40. The first-order valence-electron chi connectivity index (χ1n) is 6.17. The lowest BCUT2D eigenvalue weighted by molar-refractivity contribution is -0.118. The number of hydrogen-bond donors (Lipinski definition) is 1. The fraction of sp³-hybridized carbons (Fsp3) is 0.267. The van der Waals surface area contributed by atoms with Crippen molar-refractivity contribution < 1.29 is 29.0 Å². The van der Waals surface area contributed by atoms with Crippen LogP contribution in [0.3, 0.4) is 0 Å². The van der Waals surface area contributed by atoms with E-state index in [1.54, 1.807) is 0 Å². The van der Waals surface area contributed by atoms with E-state index in [4.69, 9.17) is 9.47 Å². The number of carbonyl (C=O) groups is 3. The van der Waals surface area contributed by atoms with Gasteiger partial charge in [-0.1, -0.05) is 0 Å². The van der Waals surface area contributed by atoms with E-state index in [0.717, 1.165) is 0 Å². The van der Waals surface area contributed by atoms with Crippen molar-refractivity contribution in [3.05, 3.63) is 28.8 Å². The zero-order valence-electron chi connectivity index (χ0n) is 11.9. The summed E-state index contributed by atoms with van der Waals surface area (Å²) < 4.78 is 10.2. The molecule has 0 saturated carbocycles. The molecule has 1 aliphatic carbocycles. The molecule has 0 atom stereocenters. The van der Waals surface area contributed by atoms with E-state index in [1.165, 1.54) is 33.3 Å². The van der Waals surface area contributed by atoms with Crippen LogP contribution in [0.1, 0.15) is 29.3 Å². The fourth-order valence-electron chi connectivity index (χ4n) is 2.22. The Balaban J connectivity index is 2.75. The van der Waals surface area contributed by atoms with Crippen molar-refractivity contribution in [1.29, 1.82) is 0 Å². The van der Waals surface area contributed by atoms with Crippen molar-refractivity contribution in [2.75, 3.05) is 14.2 Å². The van der Waals surface area contributed by atoms with Gasteiger partial charge in [0, 0.05) is 18.1 Å². The van der Waals surface area contributed by atoms with Gasteiger partial charge in [0.05, 0.1) is 25.4 Å². The Hall–Kier alpha value is -2.63. The van der Waals surface area contributed by atoms with E-state index in [9.17, 15) is 19.5 Å². The molecule has 21 heavy (non-hydrogen) atoms. The molecule has 0 heterocycles. The monoisotopic (exact) mass is 290 g/mol. The van der Waals surface area contributed by atoms with Crippen molar-refractivity contribution in [2.24, 2.45) is 0 Å². The number of carbonyl (C=O) groups excluding carboxylic acids is 3. The van der Waals surface area contributed by atoms with Crippen molar-refractivity contribution in [3.8, 4) is 11.5 Å². The predicted octanol–water partition coefficient (Wildman–Crippen LogP) is 1.72. The number of benzene rings is 1. The summed E-state index contributed by atoms with van der Waals surface area (Å²) in [6.07, 6.45) is -0.301. The standard InChI is InChI=1S/C15H14O6/c1-7(16)4-10-13(17)12-9(14(18)15(10)19)5-8(20-2)6-11(12)21-3/h5-6,17H,4H2,1-3H3. The Bertz CT molecular complexity index is 684. The Morgan fingerprint density at radius 1 is 1.14 bits per heavy atom. The highest BCUT2D eigenvalue weighted by Crippen LogP contribution is 2.38. The Labute approximate surface area is 121 Å². The van der Waals surface area contributed by atoms with Crippen LogP contribution >= 0.6 is 0 Å². The van der Waals surface area contributed by atoms with Crippen LogP contribution in [-0.2, 0) is 9.59 Å². The van der Waals surface area contributed by atoms with Gasteiger partial charge in [0.1, 0.15) is 23.0 Å². The van der Waals surface area contributed by atoms with E-state index in [2.05, 4.69) is 0 Å². The maximum Gasteiger partial charge on any atom is 0.234 e. The van der Waals surface area contributed by atoms with Gasteiger partial charge in [-0.3, -0.25) is 14.4 Å². The van der Waals surface area contributed by atoms with E-state index in [0.29, 0.717) is 5.75 Å². The average molecular weight is 290 g/mol. The highest BCUT2D eigenvalue weighted by atomic mass is 16.5. The van der Waals surface area contributed by atoms with E-state index < -0.39 is 17.3 Å². The van der Waals surface area contributed by atoms with Crippen LogP contribution in [0.5, 0.6) is 11.5 Å². The van der Waals surface area contributed by atoms with Crippen LogP contribution in [-0.4, -0.2) is 36.7 Å². The Morgan fingerprint density at radius 2 is 1.81 bits per heavy atom. The Morgan fingerprint density at radius 3 is 2.33 bits per heavy atom. The number of fused-ring (bicyclic) bond motifs is 1. The fourth-order valence-corrected chi connectivity index (χ4v) is 2.22. The highest BCUT2D eigenvalue weighted by molar-refractivity contribution is 6.52. The molecule has 2 rings (SSSR count). The zero-order chi connectivity index (χ0) is 15.7. The van der Waals surface area contributed by atoms with Crippen LogP contribution in [0.15, 0.2) is 17.7 Å². The maximum atomic E-state index is 12.2. The summed E-state index contributed by atoms with van der Waals surface area (Å²) >= 11 is 0. The summed E-state index contributed by atoms with van der Waals surface area (Å²) in [5, 5.41) is 10.3. The van der Waals surface area contributed by atoms with Crippen LogP contribution in [0, 0.1) is 0 Å². The average Bonchev–Trinajstić information content (AvgIpc) is 2.47. The minimum absolute atomic E-state index is 0.000928. The minimum Gasteiger partial charge on any atom is -0.507 e. The quantitative estimate of drug-likeness (QED) is 0.849. The first-order chi connectivity index (χ1) is 9.90. The molecule has 0 saturated heterocycles. The van der Waals surface area contributed by atoms with E-state index >= 15 is 0 Å². The molecule has 110 valence electrons. The lowest BCUT2D eigenvalue weighted by Crippen LogP contribution is -2.25. The van der Waals surface area contributed by atoms with Gasteiger partial charge in [0.2, 0.25) is 11.6 Å². The molecule has 6 nitrogen and oxygen atoms in total. The molecule has 1 aromatic carbocycles. The molecule has 1 aliphatic rings. The van der Waals surface area contributed by atoms with Crippen molar-refractivity contribution in [3.63, 3.8) is 0 Å². The molecular formula is C15H14O6. The number of hydrogen-bond acceptors (Lipinski definition) is 6. The number of ketones is 3. The normalized spacial score (nSPS) is 14.0. The predicted molar refractivity (Wildman–Crippen MR) is 73.7 cm³/mol. The molecule has 0 radical (unpaired) electrons. The molecule has 0 fully saturated rings. The number of ether oxygens (including phenoxy) is 2. The van der Waals surface area contributed by atoms with Gasteiger partial charge in [-0.2, -0.15) is 0 Å². The summed E-state index contributed by atoms with van der Waals surface area (Å²) in [5.41, 5.74) is -0.0939. The van der Waals surface area contributed by atoms with Crippen LogP contribution in [0.4, 0.5) is 0 Å². The van der Waals surface area contributed by atoms with Crippen molar-refractivity contribution in [2.45, 2.75) is 13.3 Å². The SMILES string of the molecule is COc1cc(OC)c2c(c1)C(=O)C(=O)C(CC(C)=O)=C2O. The van der Waals surface area contributed by atoms with Gasteiger partial charge in [0.15, 0.2) is 0 Å². The van der Waals surface area contributed by atoms with E-state index in [1.807, 2.05) is 0 Å². The zero-order valence-corrected chi connectivity index (χ0v) is 11.9. The van der Waals surface area contributed by atoms with Crippen molar-refractivity contribution in [1.82, 2.24) is 0 Å². The summed E-state index contributed by atoms with van der Waals surface area (Å²) in [5.74, 6) is -1.88. The van der Waals surface area contributed by atoms with Crippen LogP contribution < -0.4 is 9.47 Å². The molecule has 0 spiro atoms. The lowest BCUT2D eigenvalue weighted by Gasteiger charge is -2.20. The second-order valence-electron chi connectivity index (χ2n) is 4.62. The molecule has 0 unspecified atom stereocenters. The topological polar surface area (TPSA) is 89.9 Å². The third kappa shape index (κ3) is 2.40. The van der Waals surface area contributed by atoms with Gasteiger partial charge in [-0.05, 0) is 13.0 Å². The number of allylic oxidation sites excluding steroid dienone is 1. The maximum absolute atomic E-state index is 12.2. The third-order valence-electron chi connectivity index (χ3n) is 3.20. The van der Waals surface area contributed by atoms with Gasteiger partial charge in [0.25, 0.3) is 0 Å². The van der Waals surface area contributed by atoms with Crippen molar-refractivity contribution >= 4 is 23.1 Å². The first kappa shape index (κ1) is 14.8. The third-order valence-corrected chi connectivity index (χ3v) is 3.20. The highest BCUT2D eigenvalue weighted by Gasteiger charge is 2.35. The number of aliphatic hydroxyl groups is 1. The summed E-state index contributed by atoms with van der Waals surface area (Å²) in [4.78, 5) is 35.4. The van der Waals surface area contributed by atoms with Gasteiger partial charge in [-0.25, -0.2) is 0 Å². The molecule has 0 aliphatic heterocycles. The summed E-state index contributed by atoms with van der Waals surface area (Å²) in [6.45, 7) is 1.28. The molecule has 0 bridgehead atoms. The number of rotatable bonds is 4. The van der Waals surface area contributed by atoms with E-state index in [-0.39, 0.29) is 34.7 Å². The lowest BCUT2D eigenvalue weighted by atomic mass is 9.85. The number of methoxy groups -OCH3 is 2. The minimum atomic E-state index is -0.884. The molecule has 1 N–H and O–H groups in total. The van der Waals surface area contributed by atoms with Crippen LogP contribution in [0.2, 0.25) is 0 Å². The van der Waals surface area contributed by atoms with Gasteiger partial charge in [-0.15, -0.1) is 0 Å². The molecule has 1 aromatic rings. The smallest absolute Gasteiger partial charge is 0.234 e. The van der Waals surface area contributed by atoms with Crippen LogP contribution in [0.25, 0.3) is 5.76 Å². The number of Topliss-reactive ketones (excluding diaryl/α,β-unsaturated/α-hetero) is 3. The second-order valence-corrected chi connectivity index (χ2v) is 4.62. The largest absolute Gasteiger partial charge is 0.507 e. The molecule has 0 aromatic heterocycles. The molecule has 0 amide bonds. The Kier molecular flexibility index (Phi) is 3.80. The summed E-state index contributed by atoms with van der Waals surface area (Å²) in [6, 6.07) is 2.85.